The molecule has 0 unspecified atom stereocenters. The van der Waals surface area contributed by atoms with Gasteiger partial charge in [-0.05, 0) is 156 Å². The molecular weight excluding hydrogens is 1090 g/mol. The molecule has 8 rings (SSSR count). The predicted octanol–water partition coefficient (Wildman–Crippen LogP) is 21.6. The van der Waals surface area contributed by atoms with Gasteiger partial charge in [0.1, 0.15) is 0 Å². The first kappa shape index (κ1) is 68.0. The number of benzene rings is 8. The summed E-state index contributed by atoms with van der Waals surface area (Å²) < 4.78 is 0. The summed E-state index contributed by atoms with van der Waals surface area (Å²) in [5.74, 6) is 0. The average molecular weight is 1190 g/mol. The van der Waals surface area contributed by atoms with Crippen molar-refractivity contribution >= 4 is 27.4 Å². The monoisotopic (exact) mass is 1190 g/mol. The lowest BCUT2D eigenvalue weighted by atomic mass is 9.73. The van der Waals surface area contributed by atoms with E-state index in [-0.39, 0.29) is 43.3 Å². The maximum Gasteiger partial charge on any atom is 0.200 e. The maximum atomic E-state index is 11.0. The van der Waals surface area contributed by atoms with E-state index in [0.717, 1.165) is 61.2 Å². The first-order valence-corrected chi connectivity index (χ1v) is 33.3. The fraction of sp³-hybridized carbons (Fsp3) is 0.400. The smallest absolute Gasteiger partial charge is 0.200 e. The maximum absolute atomic E-state index is 11.0. The topological polar surface area (TPSA) is 80.9 Å². The lowest BCUT2D eigenvalue weighted by Crippen LogP contribution is -2.20. The van der Waals surface area contributed by atoms with Gasteiger partial charge in [0.15, 0.2) is 16.8 Å². The van der Waals surface area contributed by atoms with E-state index in [0.29, 0.717) is 10.6 Å². The normalized spacial score (nSPS) is 13.1. The third-order valence-electron chi connectivity index (χ3n) is 16.8. The van der Waals surface area contributed by atoms with E-state index in [1.165, 1.54) is 50.1 Å². The molecule has 0 amide bonds. The van der Waals surface area contributed by atoms with Crippen LogP contribution in [0.2, 0.25) is 0 Å². The standard InChI is InChI=1S/2C40H51O2P/c1-37(2,3)27-18-20-30(32(24-27)39(7,8)9)35-29(26-16-14-13-15-17-26)22-23-34(43(41)42)36(35)31-21-19-28(38(4,5)6)25-33(31)40(10,11)12;1-37(2,3)27-18-20-29(32(24-27)39(7,8)9)30-22-23-34(43(41)42)36(35(30)26-16-14-13-15-17-26)31-21-19-28(38(4,5)6)25-33(31)40(10,11)12/h2*13-25,41-42H,1-12H3. The minimum Gasteiger partial charge on any atom is -0.347 e. The summed E-state index contributed by atoms with van der Waals surface area (Å²) in [4.78, 5) is 43.8. The van der Waals surface area contributed by atoms with Crippen LogP contribution in [0.3, 0.4) is 0 Å². The summed E-state index contributed by atoms with van der Waals surface area (Å²) in [6.45, 7) is 54.1. The number of hydrogen-bond donors (Lipinski definition) is 4. The van der Waals surface area contributed by atoms with Crippen molar-refractivity contribution < 1.29 is 19.6 Å². The van der Waals surface area contributed by atoms with Gasteiger partial charge in [-0.1, -0.05) is 312 Å². The highest BCUT2D eigenvalue weighted by molar-refractivity contribution is 7.54. The van der Waals surface area contributed by atoms with Crippen LogP contribution in [0.5, 0.6) is 0 Å². The van der Waals surface area contributed by atoms with Gasteiger partial charge in [0, 0.05) is 21.7 Å². The van der Waals surface area contributed by atoms with Crippen LogP contribution in [-0.2, 0) is 43.3 Å². The molecule has 4 nitrogen and oxygen atoms in total. The van der Waals surface area contributed by atoms with Crippen LogP contribution >= 0.6 is 16.8 Å². The molecule has 0 spiro atoms. The molecule has 0 saturated carbocycles. The van der Waals surface area contributed by atoms with Crippen molar-refractivity contribution in [3.05, 3.63) is 202 Å². The zero-order chi connectivity index (χ0) is 64.2. The molecule has 0 atom stereocenters. The molecule has 0 heterocycles. The molecule has 0 radical (unpaired) electrons. The van der Waals surface area contributed by atoms with Crippen LogP contribution in [0.25, 0.3) is 66.8 Å². The zero-order valence-electron chi connectivity index (χ0n) is 56.7. The molecule has 4 N–H and O–H groups in total. The van der Waals surface area contributed by atoms with Gasteiger partial charge >= 0.3 is 0 Å². The molecule has 456 valence electrons. The summed E-state index contributed by atoms with van der Waals surface area (Å²) in [5, 5.41) is 1.16. The fourth-order valence-corrected chi connectivity index (χ4v) is 13.0. The van der Waals surface area contributed by atoms with Crippen molar-refractivity contribution in [2.75, 3.05) is 0 Å². The second kappa shape index (κ2) is 24.8. The second-order valence-corrected chi connectivity index (χ2v) is 34.2. The predicted molar refractivity (Wildman–Crippen MR) is 377 cm³/mol. The Bertz CT molecular complexity index is 3700. The van der Waals surface area contributed by atoms with Crippen LogP contribution in [0, 0.1) is 0 Å². The largest absolute Gasteiger partial charge is 0.347 e. The molecular formula is C80H102O4P2. The highest BCUT2D eigenvalue weighted by atomic mass is 31.2. The van der Waals surface area contributed by atoms with Crippen molar-refractivity contribution in [2.24, 2.45) is 0 Å². The van der Waals surface area contributed by atoms with E-state index in [4.69, 9.17) is 0 Å². The zero-order valence-corrected chi connectivity index (χ0v) is 58.5. The molecule has 0 fully saturated rings. The van der Waals surface area contributed by atoms with Gasteiger partial charge in [-0.3, -0.25) is 0 Å². The van der Waals surface area contributed by atoms with E-state index in [9.17, 15) is 19.6 Å². The van der Waals surface area contributed by atoms with Gasteiger partial charge in [0.25, 0.3) is 0 Å². The van der Waals surface area contributed by atoms with E-state index in [1.807, 2.05) is 24.3 Å². The van der Waals surface area contributed by atoms with Crippen molar-refractivity contribution in [1.29, 1.82) is 0 Å². The first-order chi connectivity index (χ1) is 39.4. The van der Waals surface area contributed by atoms with Gasteiger partial charge < -0.3 is 19.6 Å². The summed E-state index contributed by atoms with van der Waals surface area (Å²) in [5.41, 5.74) is 22.1. The third-order valence-corrected chi connectivity index (χ3v) is 18.4. The minimum absolute atomic E-state index is 0.00181. The average Bonchev–Trinajstić information content (AvgIpc) is 0.771. The van der Waals surface area contributed by atoms with Crippen molar-refractivity contribution in [3.63, 3.8) is 0 Å². The van der Waals surface area contributed by atoms with Gasteiger partial charge in [-0.25, -0.2) is 0 Å². The molecule has 8 aromatic rings. The third kappa shape index (κ3) is 15.1. The van der Waals surface area contributed by atoms with Crippen molar-refractivity contribution in [3.8, 4) is 66.8 Å². The molecule has 0 bridgehead atoms. The Morgan fingerprint density at radius 1 is 0.221 bits per heavy atom. The SMILES string of the molecule is CC(C)(C)c1ccc(-c2c(-c3ccccc3)ccc(P(O)O)c2-c2ccc(C(C)(C)C)cc2C(C)(C)C)c(C(C)(C)C)c1.CC(C)(C)c1ccc(-c2ccc(P(O)O)c(-c3ccc(C(C)(C)C)cc3C(C)(C)C)c2-c2ccccc2)c(C(C)(C)C)c1. The highest BCUT2D eigenvalue weighted by Gasteiger charge is 2.34. The molecule has 0 aliphatic heterocycles. The molecule has 0 aromatic heterocycles. The van der Waals surface area contributed by atoms with Crippen molar-refractivity contribution in [2.45, 2.75) is 209 Å². The molecule has 0 saturated heterocycles. The lowest BCUT2D eigenvalue weighted by Gasteiger charge is -2.32. The summed E-state index contributed by atoms with van der Waals surface area (Å²) in [7, 11) is -4.73. The Hall–Kier alpha value is -5.54. The van der Waals surface area contributed by atoms with E-state index < -0.39 is 16.8 Å². The molecule has 0 aliphatic carbocycles. The molecule has 0 aliphatic rings. The Morgan fingerprint density at radius 2 is 0.477 bits per heavy atom. The highest BCUT2D eigenvalue weighted by Crippen LogP contribution is 2.51. The van der Waals surface area contributed by atoms with Gasteiger partial charge in [0.05, 0.1) is 0 Å². The van der Waals surface area contributed by atoms with Crippen molar-refractivity contribution in [1.82, 2.24) is 0 Å². The van der Waals surface area contributed by atoms with Crippen LogP contribution < -0.4 is 10.6 Å². The molecule has 86 heavy (non-hydrogen) atoms. The summed E-state index contributed by atoms with van der Waals surface area (Å²) in [6, 6.07) is 56.3. The summed E-state index contributed by atoms with van der Waals surface area (Å²) >= 11 is 0. The van der Waals surface area contributed by atoms with Crippen LogP contribution in [0.1, 0.15) is 211 Å². The lowest BCUT2D eigenvalue weighted by molar-refractivity contribution is 0.495. The minimum atomic E-state index is -2.37. The van der Waals surface area contributed by atoms with E-state index in [2.05, 4.69) is 300 Å². The second-order valence-electron chi connectivity index (χ2n) is 32.1. The molecule has 8 aromatic carbocycles. The van der Waals surface area contributed by atoms with Gasteiger partial charge in [-0.2, -0.15) is 0 Å². The van der Waals surface area contributed by atoms with Gasteiger partial charge in [-0.15, -0.1) is 0 Å². The Morgan fingerprint density at radius 3 is 0.779 bits per heavy atom. The quantitative estimate of drug-likeness (QED) is 0.114. The Kier molecular flexibility index (Phi) is 19.6. The fourth-order valence-electron chi connectivity index (χ4n) is 11.7. The van der Waals surface area contributed by atoms with E-state index in [1.54, 1.807) is 0 Å². The number of rotatable bonds is 8. The van der Waals surface area contributed by atoms with Crippen LogP contribution in [0.4, 0.5) is 0 Å². The van der Waals surface area contributed by atoms with Gasteiger partial charge in [0.2, 0.25) is 0 Å². The Balaban J connectivity index is 0.000000246. The van der Waals surface area contributed by atoms with E-state index >= 15 is 0 Å². The van der Waals surface area contributed by atoms with Crippen LogP contribution in [0.15, 0.2) is 158 Å². The Labute approximate surface area is 522 Å². The van der Waals surface area contributed by atoms with Crippen LogP contribution in [-0.4, -0.2) is 19.6 Å². The summed E-state index contributed by atoms with van der Waals surface area (Å²) in [6.07, 6.45) is 0. The number of hydrogen-bond acceptors (Lipinski definition) is 4. The molecule has 6 heteroatoms. The first-order valence-electron chi connectivity index (χ1n) is 30.8.